The van der Waals surface area contributed by atoms with Crippen LogP contribution in [0.3, 0.4) is 0 Å². The smallest absolute Gasteiger partial charge is 0.209 e. The Bertz CT molecular complexity index is 554. The van der Waals surface area contributed by atoms with Gasteiger partial charge in [0.15, 0.2) is 0 Å². The third-order valence-electron chi connectivity index (χ3n) is 2.25. The van der Waals surface area contributed by atoms with Crippen molar-refractivity contribution in [1.29, 1.82) is 0 Å². The molecule has 0 amide bonds. The third-order valence-corrected chi connectivity index (χ3v) is 3.17. The molecule has 0 aliphatic rings. The van der Waals surface area contributed by atoms with Gasteiger partial charge in [0.2, 0.25) is 10.0 Å². The summed E-state index contributed by atoms with van der Waals surface area (Å²) < 4.78 is 24.9. The Hall–Kier alpha value is -1.35. The van der Waals surface area contributed by atoms with E-state index < -0.39 is 15.6 Å². The molecule has 1 aromatic rings. The van der Waals surface area contributed by atoms with Crippen molar-refractivity contribution >= 4 is 10.0 Å². The van der Waals surface area contributed by atoms with E-state index in [0.29, 0.717) is 13.1 Å². The molecule has 0 heterocycles. The van der Waals surface area contributed by atoms with Crippen LogP contribution in [0.5, 0.6) is 0 Å². The van der Waals surface area contributed by atoms with E-state index in [1.54, 1.807) is 0 Å². The van der Waals surface area contributed by atoms with E-state index in [9.17, 15) is 8.42 Å². The first-order valence-corrected chi connectivity index (χ1v) is 7.91. The number of nitrogens with one attached hydrogen (secondary N) is 2. The van der Waals surface area contributed by atoms with Gasteiger partial charge in [-0.2, -0.15) is 0 Å². The van der Waals surface area contributed by atoms with Crippen LogP contribution in [0.25, 0.3) is 0 Å². The predicted octanol–water partition coefficient (Wildman–Crippen LogP) is 0.956. The van der Waals surface area contributed by atoms with E-state index in [1.807, 2.05) is 44.2 Å². The van der Waals surface area contributed by atoms with Crippen molar-refractivity contribution in [1.82, 2.24) is 10.0 Å². The first-order chi connectivity index (χ1) is 8.79. The van der Waals surface area contributed by atoms with Gasteiger partial charge in [-0.1, -0.05) is 30.0 Å². The van der Waals surface area contributed by atoms with Crippen LogP contribution in [-0.4, -0.2) is 33.3 Å². The van der Waals surface area contributed by atoms with Gasteiger partial charge in [-0.25, -0.2) is 13.1 Å². The molecule has 104 valence electrons. The Balaban J connectivity index is 2.37. The second-order valence-corrected chi connectivity index (χ2v) is 6.78. The van der Waals surface area contributed by atoms with Gasteiger partial charge in [0.1, 0.15) is 0 Å². The van der Waals surface area contributed by atoms with Crippen LogP contribution in [0.4, 0.5) is 0 Å². The Morgan fingerprint density at radius 3 is 2.42 bits per heavy atom. The van der Waals surface area contributed by atoms with Gasteiger partial charge in [0.05, 0.1) is 12.8 Å². The topological polar surface area (TPSA) is 58.2 Å². The fourth-order valence-corrected chi connectivity index (χ4v) is 2.72. The van der Waals surface area contributed by atoms with Gasteiger partial charge in [0, 0.05) is 17.6 Å². The molecular formula is C14H20N2O2S. The lowest BCUT2D eigenvalue weighted by molar-refractivity contribution is 0.431. The minimum absolute atomic E-state index is 0.517. The molecule has 0 aliphatic heterocycles. The van der Waals surface area contributed by atoms with Crippen LogP contribution in [0.2, 0.25) is 0 Å². The second-order valence-electron chi connectivity index (χ2n) is 5.03. The van der Waals surface area contributed by atoms with Gasteiger partial charge in [-0.15, -0.1) is 0 Å². The maximum absolute atomic E-state index is 11.2. The molecule has 1 rings (SSSR count). The monoisotopic (exact) mass is 280 g/mol. The molecule has 0 atom stereocenters. The summed E-state index contributed by atoms with van der Waals surface area (Å²) in [4.78, 5) is 0. The van der Waals surface area contributed by atoms with Crippen molar-refractivity contribution in [2.75, 3.05) is 19.3 Å². The molecule has 5 heteroatoms. The van der Waals surface area contributed by atoms with Crippen LogP contribution in [-0.2, 0) is 10.0 Å². The fraction of sp³-hybridized carbons (Fsp3) is 0.429. The van der Waals surface area contributed by atoms with Crippen LogP contribution < -0.4 is 10.0 Å². The number of rotatable bonds is 5. The van der Waals surface area contributed by atoms with Crippen molar-refractivity contribution in [3.05, 3.63) is 35.9 Å². The van der Waals surface area contributed by atoms with E-state index in [-0.39, 0.29) is 0 Å². The zero-order valence-electron chi connectivity index (χ0n) is 11.5. The summed E-state index contributed by atoms with van der Waals surface area (Å²) in [6.45, 7) is 4.69. The fourth-order valence-electron chi connectivity index (χ4n) is 1.64. The first kappa shape index (κ1) is 15.7. The van der Waals surface area contributed by atoms with Gasteiger partial charge >= 0.3 is 0 Å². The van der Waals surface area contributed by atoms with E-state index in [2.05, 4.69) is 21.9 Å². The van der Waals surface area contributed by atoms with Gasteiger partial charge in [-0.3, -0.25) is 0 Å². The highest BCUT2D eigenvalue weighted by atomic mass is 32.2. The van der Waals surface area contributed by atoms with Crippen molar-refractivity contribution in [3.63, 3.8) is 0 Å². The summed E-state index contributed by atoms with van der Waals surface area (Å²) in [5.74, 6) is 6.03. The molecule has 0 fully saturated rings. The van der Waals surface area contributed by atoms with Gasteiger partial charge < -0.3 is 5.32 Å². The number of hydrogen-bond acceptors (Lipinski definition) is 3. The van der Waals surface area contributed by atoms with Crippen LogP contribution >= 0.6 is 0 Å². The average Bonchev–Trinajstić information content (AvgIpc) is 2.26. The number of benzene rings is 1. The van der Waals surface area contributed by atoms with E-state index >= 15 is 0 Å². The summed E-state index contributed by atoms with van der Waals surface area (Å²) in [7, 11) is -3.19. The Labute approximate surface area is 115 Å². The molecule has 0 aromatic heterocycles. The van der Waals surface area contributed by atoms with Crippen LogP contribution in [0.1, 0.15) is 19.4 Å². The summed E-state index contributed by atoms with van der Waals surface area (Å²) in [6, 6.07) is 9.72. The highest BCUT2D eigenvalue weighted by molar-refractivity contribution is 7.88. The number of sulfonamides is 1. The molecule has 1 aromatic carbocycles. The Morgan fingerprint density at radius 2 is 1.84 bits per heavy atom. The lowest BCUT2D eigenvalue weighted by Gasteiger charge is -2.24. The van der Waals surface area contributed by atoms with Crippen molar-refractivity contribution in [2.45, 2.75) is 19.4 Å². The zero-order chi connectivity index (χ0) is 14.4. The average molecular weight is 280 g/mol. The molecule has 0 aliphatic carbocycles. The lowest BCUT2D eigenvalue weighted by Crippen LogP contribution is -2.49. The van der Waals surface area contributed by atoms with Crippen molar-refractivity contribution in [2.24, 2.45) is 0 Å². The summed E-state index contributed by atoms with van der Waals surface area (Å²) in [5, 5.41) is 3.12. The molecule has 0 bridgehead atoms. The van der Waals surface area contributed by atoms with E-state index in [4.69, 9.17) is 0 Å². The minimum Gasteiger partial charge on any atom is -0.304 e. The third kappa shape index (κ3) is 7.62. The maximum Gasteiger partial charge on any atom is 0.209 e. The summed E-state index contributed by atoms with van der Waals surface area (Å²) in [5.41, 5.74) is 0.444. The normalized spacial score (nSPS) is 11.7. The quantitative estimate of drug-likeness (QED) is 0.624. The largest absolute Gasteiger partial charge is 0.304 e. The Kier molecular flexibility index (Phi) is 5.55. The molecule has 2 N–H and O–H groups in total. The molecular weight excluding hydrogens is 260 g/mol. The standard InChI is InChI=1S/C14H20N2O2S/c1-14(2,16-19(3,17)18)12-15-11-7-10-13-8-5-4-6-9-13/h4-6,8-9,15-16H,11-12H2,1-3H3. The minimum atomic E-state index is -3.19. The summed E-state index contributed by atoms with van der Waals surface area (Å²) >= 11 is 0. The van der Waals surface area contributed by atoms with Crippen LogP contribution in [0.15, 0.2) is 30.3 Å². The zero-order valence-corrected chi connectivity index (χ0v) is 12.3. The van der Waals surface area contributed by atoms with Gasteiger partial charge in [0.25, 0.3) is 0 Å². The molecule has 0 saturated heterocycles. The first-order valence-electron chi connectivity index (χ1n) is 6.02. The molecule has 0 saturated carbocycles. The molecule has 4 nitrogen and oxygen atoms in total. The lowest BCUT2D eigenvalue weighted by atomic mass is 10.1. The van der Waals surface area contributed by atoms with E-state index in [0.717, 1.165) is 11.8 Å². The van der Waals surface area contributed by atoms with Crippen molar-refractivity contribution < 1.29 is 8.42 Å². The highest BCUT2D eigenvalue weighted by Gasteiger charge is 2.20. The molecule has 0 radical (unpaired) electrons. The number of hydrogen-bond donors (Lipinski definition) is 2. The summed E-state index contributed by atoms with van der Waals surface area (Å²) in [6.07, 6.45) is 1.16. The maximum atomic E-state index is 11.2. The molecule has 0 spiro atoms. The van der Waals surface area contributed by atoms with Crippen molar-refractivity contribution in [3.8, 4) is 11.8 Å². The molecule has 19 heavy (non-hydrogen) atoms. The van der Waals surface area contributed by atoms with E-state index in [1.165, 1.54) is 0 Å². The van der Waals surface area contributed by atoms with Gasteiger partial charge in [-0.05, 0) is 26.0 Å². The predicted molar refractivity (Wildman–Crippen MR) is 78.2 cm³/mol. The van der Waals surface area contributed by atoms with Crippen LogP contribution in [0, 0.1) is 11.8 Å². The second kappa shape index (κ2) is 6.71. The Morgan fingerprint density at radius 1 is 1.21 bits per heavy atom. The SMILES string of the molecule is CC(C)(CNCC#Cc1ccccc1)NS(C)(=O)=O. The highest BCUT2D eigenvalue weighted by Crippen LogP contribution is 2.01. The molecule has 0 unspecified atom stereocenters.